The summed E-state index contributed by atoms with van der Waals surface area (Å²) in [4.78, 5) is 23.3. The van der Waals surface area contributed by atoms with E-state index < -0.39 is 11.6 Å². The first-order valence-corrected chi connectivity index (χ1v) is 7.17. The summed E-state index contributed by atoms with van der Waals surface area (Å²) in [6, 6.07) is 9.38. The second kappa shape index (κ2) is 7.67. The van der Waals surface area contributed by atoms with E-state index in [1.54, 1.807) is 6.92 Å². The third-order valence-corrected chi connectivity index (χ3v) is 3.29. The highest BCUT2D eigenvalue weighted by atomic mass is 16.4. The molecule has 1 rings (SSSR count). The van der Waals surface area contributed by atoms with Gasteiger partial charge in [-0.15, -0.1) is 0 Å². The third kappa shape index (κ3) is 5.85. The van der Waals surface area contributed by atoms with Gasteiger partial charge in [0.25, 0.3) is 0 Å². The molecule has 0 aliphatic carbocycles. The highest BCUT2D eigenvalue weighted by Crippen LogP contribution is 2.14. The molecule has 5 nitrogen and oxygen atoms in total. The van der Waals surface area contributed by atoms with Gasteiger partial charge in [-0.25, -0.2) is 4.79 Å². The van der Waals surface area contributed by atoms with Crippen molar-refractivity contribution >= 4 is 12.0 Å². The van der Waals surface area contributed by atoms with Crippen molar-refractivity contribution in [3.8, 4) is 0 Å². The lowest BCUT2D eigenvalue weighted by atomic mass is 9.91. The highest BCUT2D eigenvalue weighted by molar-refractivity contribution is 5.89. The summed E-state index contributed by atoms with van der Waals surface area (Å²) in [7, 11) is 0. The van der Waals surface area contributed by atoms with Gasteiger partial charge < -0.3 is 15.7 Å². The van der Waals surface area contributed by atoms with Crippen LogP contribution < -0.4 is 10.6 Å². The van der Waals surface area contributed by atoms with Crippen LogP contribution in [0.1, 0.15) is 32.8 Å². The van der Waals surface area contributed by atoms with Gasteiger partial charge in [-0.3, -0.25) is 4.79 Å². The van der Waals surface area contributed by atoms with Gasteiger partial charge in [0.1, 0.15) is 5.54 Å². The zero-order valence-electron chi connectivity index (χ0n) is 12.8. The van der Waals surface area contributed by atoms with Gasteiger partial charge in [0.05, 0.1) is 0 Å². The maximum atomic E-state index is 12.3. The molecule has 0 saturated carbocycles. The molecule has 1 aromatic carbocycles. The van der Waals surface area contributed by atoms with Gasteiger partial charge in [0, 0.05) is 13.0 Å². The van der Waals surface area contributed by atoms with E-state index in [-0.39, 0.29) is 5.91 Å². The lowest BCUT2D eigenvalue weighted by molar-refractivity contribution is -0.126. The molecule has 0 aromatic heterocycles. The van der Waals surface area contributed by atoms with Crippen LogP contribution in [0, 0.1) is 5.92 Å². The summed E-state index contributed by atoms with van der Waals surface area (Å²) in [5, 5.41) is 14.2. The first-order valence-electron chi connectivity index (χ1n) is 7.17. The largest absolute Gasteiger partial charge is 0.465 e. The average Bonchev–Trinajstić information content (AvgIpc) is 2.38. The number of carbonyl (C=O) groups excluding carboxylic acids is 1. The minimum absolute atomic E-state index is 0.297. The molecule has 0 saturated heterocycles. The molecule has 5 heteroatoms. The van der Waals surface area contributed by atoms with Crippen LogP contribution in [0.4, 0.5) is 4.79 Å². The van der Waals surface area contributed by atoms with Crippen LogP contribution in [-0.4, -0.2) is 29.2 Å². The van der Waals surface area contributed by atoms with E-state index in [1.165, 1.54) is 0 Å². The maximum absolute atomic E-state index is 12.3. The van der Waals surface area contributed by atoms with Gasteiger partial charge in [0.2, 0.25) is 5.91 Å². The number of carbonyl (C=O) groups is 2. The van der Waals surface area contributed by atoms with Gasteiger partial charge in [0.15, 0.2) is 0 Å². The molecule has 2 amide bonds. The quantitative estimate of drug-likeness (QED) is 0.722. The van der Waals surface area contributed by atoms with Crippen LogP contribution >= 0.6 is 0 Å². The number of hydrogen-bond acceptors (Lipinski definition) is 2. The lowest BCUT2D eigenvalue weighted by Crippen LogP contribution is -2.58. The highest BCUT2D eigenvalue weighted by Gasteiger charge is 2.34. The number of benzene rings is 1. The molecule has 3 N–H and O–H groups in total. The van der Waals surface area contributed by atoms with Gasteiger partial charge >= 0.3 is 6.09 Å². The zero-order chi connectivity index (χ0) is 15.9. The molecule has 0 aliphatic heterocycles. The van der Waals surface area contributed by atoms with Crippen LogP contribution in [0.2, 0.25) is 0 Å². The molecule has 0 radical (unpaired) electrons. The van der Waals surface area contributed by atoms with Crippen molar-refractivity contribution in [3.05, 3.63) is 35.9 Å². The van der Waals surface area contributed by atoms with E-state index in [1.807, 2.05) is 30.3 Å². The molecule has 21 heavy (non-hydrogen) atoms. The number of nitrogens with one attached hydrogen (secondary N) is 2. The Kier molecular flexibility index (Phi) is 6.21. The average molecular weight is 292 g/mol. The van der Waals surface area contributed by atoms with Crippen molar-refractivity contribution in [1.82, 2.24) is 10.6 Å². The Morgan fingerprint density at radius 1 is 1.24 bits per heavy atom. The van der Waals surface area contributed by atoms with Crippen LogP contribution in [0.25, 0.3) is 0 Å². The smallest absolute Gasteiger partial charge is 0.405 e. The van der Waals surface area contributed by atoms with Crippen molar-refractivity contribution in [1.29, 1.82) is 0 Å². The minimum atomic E-state index is -1.20. The first-order chi connectivity index (χ1) is 9.83. The first kappa shape index (κ1) is 17.0. The van der Waals surface area contributed by atoms with Crippen LogP contribution in [-0.2, 0) is 11.2 Å². The third-order valence-electron chi connectivity index (χ3n) is 3.29. The van der Waals surface area contributed by atoms with E-state index >= 15 is 0 Å². The fraction of sp³-hybridized carbons (Fsp3) is 0.500. The molecule has 0 heterocycles. The van der Waals surface area contributed by atoms with Crippen molar-refractivity contribution in [3.63, 3.8) is 0 Å². The van der Waals surface area contributed by atoms with Gasteiger partial charge in [-0.05, 0) is 24.8 Å². The van der Waals surface area contributed by atoms with E-state index in [4.69, 9.17) is 5.11 Å². The second-order valence-electron chi connectivity index (χ2n) is 5.86. The molecule has 1 atom stereocenters. The van der Waals surface area contributed by atoms with Crippen molar-refractivity contribution < 1.29 is 14.7 Å². The summed E-state index contributed by atoms with van der Waals surface area (Å²) in [5.41, 5.74) is -0.266. The van der Waals surface area contributed by atoms with Gasteiger partial charge in [-0.2, -0.15) is 0 Å². The second-order valence-corrected chi connectivity index (χ2v) is 5.86. The van der Waals surface area contributed by atoms with E-state index in [0.29, 0.717) is 18.9 Å². The summed E-state index contributed by atoms with van der Waals surface area (Å²) >= 11 is 0. The van der Waals surface area contributed by atoms with E-state index in [2.05, 4.69) is 24.5 Å². The molecule has 0 aliphatic rings. The zero-order valence-corrected chi connectivity index (χ0v) is 12.8. The molecule has 116 valence electrons. The monoisotopic (exact) mass is 292 g/mol. The Balaban J connectivity index is 2.77. The molecular formula is C16H24N2O3. The molecule has 1 aromatic rings. The minimum Gasteiger partial charge on any atom is -0.465 e. The summed E-state index contributed by atoms with van der Waals surface area (Å²) in [6.07, 6.45) is -0.0270. The summed E-state index contributed by atoms with van der Waals surface area (Å²) in [6.45, 7) is 6.30. The van der Waals surface area contributed by atoms with Crippen molar-refractivity contribution in [2.75, 3.05) is 6.54 Å². The van der Waals surface area contributed by atoms with Crippen molar-refractivity contribution in [2.24, 2.45) is 5.92 Å². The standard InChI is InChI=1S/C16H24N2O3/c1-12(2)9-10-17-14(19)16(3,18-15(20)21)11-13-7-5-4-6-8-13/h4-8,12,18H,9-11H2,1-3H3,(H,17,19)(H,20,21)/t16-/m0/s1. The Labute approximate surface area is 125 Å². The predicted molar refractivity (Wildman–Crippen MR) is 82.2 cm³/mol. The Morgan fingerprint density at radius 3 is 2.38 bits per heavy atom. The molecular weight excluding hydrogens is 268 g/mol. The topological polar surface area (TPSA) is 78.4 Å². The lowest BCUT2D eigenvalue weighted by Gasteiger charge is -2.28. The maximum Gasteiger partial charge on any atom is 0.405 e. The Morgan fingerprint density at radius 2 is 1.86 bits per heavy atom. The molecule has 0 fully saturated rings. The molecule has 0 bridgehead atoms. The number of hydrogen-bond donors (Lipinski definition) is 3. The Bertz CT molecular complexity index is 474. The predicted octanol–water partition coefficient (Wildman–Crippen LogP) is 2.42. The van der Waals surface area contributed by atoms with Crippen LogP contribution in [0.15, 0.2) is 30.3 Å². The van der Waals surface area contributed by atoms with E-state index in [9.17, 15) is 9.59 Å². The van der Waals surface area contributed by atoms with Crippen LogP contribution in [0.5, 0.6) is 0 Å². The summed E-state index contributed by atoms with van der Waals surface area (Å²) in [5.74, 6) is 0.188. The normalized spacial score (nSPS) is 13.5. The Hall–Kier alpha value is -2.04. The number of amides is 2. The molecule has 0 unspecified atom stereocenters. The van der Waals surface area contributed by atoms with Gasteiger partial charge in [-0.1, -0.05) is 44.2 Å². The summed E-state index contributed by atoms with van der Waals surface area (Å²) < 4.78 is 0. The number of rotatable bonds is 7. The fourth-order valence-electron chi connectivity index (χ4n) is 2.09. The van der Waals surface area contributed by atoms with Crippen LogP contribution in [0.3, 0.4) is 0 Å². The molecule has 0 spiro atoms. The fourth-order valence-corrected chi connectivity index (χ4v) is 2.09. The SMILES string of the molecule is CC(C)CCNC(=O)[C@](C)(Cc1ccccc1)NC(=O)O. The number of carboxylic acid groups (broad SMARTS) is 1. The van der Waals surface area contributed by atoms with Crippen molar-refractivity contribution in [2.45, 2.75) is 39.2 Å². The van der Waals surface area contributed by atoms with E-state index in [0.717, 1.165) is 12.0 Å².